The highest BCUT2D eigenvalue weighted by Gasteiger charge is 2.18. The smallest absolute Gasteiger partial charge is 0.262 e. The van der Waals surface area contributed by atoms with Gasteiger partial charge in [0.1, 0.15) is 5.75 Å². The van der Waals surface area contributed by atoms with Crippen LogP contribution in [-0.4, -0.2) is 49.5 Å². The number of aryl methyl sites for hydroxylation is 1. The van der Waals surface area contributed by atoms with Crippen molar-refractivity contribution in [1.82, 2.24) is 4.90 Å². The fourth-order valence-corrected chi connectivity index (χ4v) is 3.25. The number of rotatable bonds is 5. The molecule has 6 heteroatoms. The van der Waals surface area contributed by atoms with Crippen LogP contribution in [-0.2, 0) is 9.59 Å². The SMILES string of the molecule is CC(=O)N1CCN(c2ccc(OCC(=O)Nc3cccc(C)c3C)cc2)CC1. The maximum Gasteiger partial charge on any atom is 0.262 e. The van der Waals surface area contributed by atoms with Crippen molar-refractivity contribution < 1.29 is 14.3 Å². The van der Waals surface area contributed by atoms with E-state index in [1.807, 2.05) is 61.2 Å². The summed E-state index contributed by atoms with van der Waals surface area (Å²) in [6.07, 6.45) is 0. The van der Waals surface area contributed by atoms with Crippen LogP contribution >= 0.6 is 0 Å². The van der Waals surface area contributed by atoms with Crippen LogP contribution in [0.1, 0.15) is 18.1 Å². The molecule has 1 saturated heterocycles. The molecule has 0 saturated carbocycles. The van der Waals surface area contributed by atoms with Gasteiger partial charge in [-0.2, -0.15) is 0 Å². The summed E-state index contributed by atoms with van der Waals surface area (Å²) in [5.74, 6) is 0.600. The molecule has 1 N–H and O–H groups in total. The predicted molar refractivity (Wildman–Crippen MR) is 111 cm³/mol. The number of hydrogen-bond donors (Lipinski definition) is 1. The summed E-state index contributed by atoms with van der Waals surface area (Å²) in [6.45, 7) is 8.69. The Labute approximate surface area is 166 Å². The van der Waals surface area contributed by atoms with Gasteiger partial charge in [-0.15, -0.1) is 0 Å². The van der Waals surface area contributed by atoms with E-state index in [0.717, 1.165) is 48.7 Å². The molecule has 1 aliphatic rings. The van der Waals surface area contributed by atoms with Gasteiger partial charge in [0.25, 0.3) is 5.91 Å². The van der Waals surface area contributed by atoms with Crippen LogP contribution < -0.4 is 15.0 Å². The van der Waals surface area contributed by atoms with Gasteiger partial charge in [-0.1, -0.05) is 12.1 Å². The lowest BCUT2D eigenvalue weighted by molar-refractivity contribution is -0.129. The zero-order valence-corrected chi connectivity index (χ0v) is 16.7. The molecule has 1 fully saturated rings. The summed E-state index contributed by atoms with van der Waals surface area (Å²) in [5.41, 5.74) is 4.10. The lowest BCUT2D eigenvalue weighted by Gasteiger charge is -2.35. The zero-order chi connectivity index (χ0) is 20.1. The first-order chi connectivity index (χ1) is 13.4. The number of benzene rings is 2. The minimum atomic E-state index is -0.182. The van der Waals surface area contributed by atoms with Crippen LogP contribution in [0.3, 0.4) is 0 Å². The zero-order valence-electron chi connectivity index (χ0n) is 16.7. The molecule has 3 rings (SSSR count). The van der Waals surface area contributed by atoms with Crippen LogP contribution in [0.5, 0.6) is 5.75 Å². The van der Waals surface area contributed by atoms with Crippen molar-refractivity contribution in [3.05, 3.63) is 53.6 Å². The van der Waals surface area contributed by atoms with E-state index in [1.165, 1.54) is 0 Å². The summed E-state index contributed by atoms with van der Waals surface area (Å²) in [5, 5.41) is 2.89. The Bertz CT molecular complexity index is 841. The van der Waals surface area contributed by atoms with Crippen LogP contribution in [0.15, 0.2) is 42.5 Å². The van der Waals surface area contributed by atoms with Gasteiger partial charge in [0, 0.05) is 44.5 Å². The van der Waals surface area contributed by atoms with Crippen LogP contribution in [0.4, 0.5) is 11.4 Å². The Morgan fingerprint density at radius 2 is 1.68 bits per heavy atom. The Morgan fingerprint density at radius 1 is 1.00 bits per heavy atom. The van der Waals surface area contributed by atoms with Crippen LogP contribution in [0.25, 0.3) is 0 Å². The highest BCUT2D eigenvalue weighted by Crippen LogP contribution is 2.21. The second-order valence-electron chi connectivity index (χ2n) is 7.07. The van der Waals surface area contributed by atoms with E-state index in [0.29, 0.717) is 5.75 Å². The second-order valence-corrected chi connectivity index (χ2v) is 7.07. The number of carbonyl (C=O) groups is 2. The van der Waals surface area contributed by atoms with Crippen molar-refractivity contribution >= 4 is 23.2 Å². The molecular weight excluding hydrogens is 354 g/mol. The third-order valence-electron chi connectivity index (χ3n) is 5.18. The molecule has 1 heterocycles. The van der Waals surface area contributed by atoms with E-state index in [2.05, 4.69) is 10.2 Å². The van der Waals surface area contributed by atoms with Gasteiger partial charge in [-0.05, 0) is 55.3 Å². The normalized spacial score (nSPS) is 14.0. The van der Waals surface area contributed by atoms with E-state index in [1.54, 1.807) is 6.92 Å². The molecule has 28 heavy (non-hydrogen) atoms. The molecule has 1 aliphatic heterocycles. The van der Waals surface area contributed by atoms with Crippen molar-refractivity contribution in [2.75, 3.05) is 43.0 Å². The van der Waals surface area contributed by atoms with Gasteiger partial charge in [-0.25, -0.2) is 0 Å². The largest absolute Gasteiger partial charge is 0.484 e. The third-order valence-corrected chi connectivity index (χ3v) is 5.18. The number of amides is 2. The van der Waals surface area contributed by atoms with E-state index < -0.39 is 0 Å². The fourth-order valence-electron chi connectivity index (χ4n) is 3.25. The first-order valence-corrected chi connectivity index (χ1v) is 9.53. The Kier molecular flexibility index (Phi) is 6.19. The van der Waals surface area contributed by atoms with E-state index in [4.69, 9.17) is 4.74 Å². The predicted octanol–water partition coefficient (Wildman–Crippen LogP) is 2.99. The highest BCUT2D eigenvalue weighted by atomic mass is 16.5. The molecule has 2 aromatic carbocycles. The highest BCUT2D eigenvalue weighted by molar-refractivity contribution is 5.92. The van der Waals surface area contributed by atoms with E-state index >= 15 is 0 Å². The number of nitrogens with zero attached hydrogens (tertiary/aromatic N) is 2. The molecule has 0 aliphatic carbocycles. The number of hydrogen-bond acceptors (Lipinski definition) is 4. The van der Waals surface area contributed by atoms with E-state index in [-0.39, 0.29) is 18.4 Å². The number of carbonyl (C=O) groups excluding carboxylic acids is 2. The van der Waals surface area contributed by atoms with Gasteiger partial charge in [0.05, 0.1) is 0 Å². The average Bonchev–Trinajstić information content (AvgIpc) is 2.70. The molecule has 2 amide bonds. The average molecular weight is 381 g/mol. The maximum absolute atomic E-state index is 12.2. The molecule has 0 atom stereocenters. The molecule has 6 nitrogen and oxygen atoms in total. The molecule has 0 unspecified atom stereocenters. The third kappa shape index (κ3) is 4.82. The van der Waals surface area contributed by atoms with Crippen molar-refractivity contribution in [1.29, 1.82) is 0 Å². The summed E-state index contributed by atoms with van der Waals surface area (Å²) in [7, 11) is 0. The summed E-state index contributed by atoms with van der Waals surface area (Å²) >= 11 is 0. The van der Waals surface area contributed by atoms with Gasteiger partial charge in [0.15, 0.2) is 6.61 Å². The Hall–Kier alpha value is -3.02. The fraction of sp³-hybridized carbons (Fsp3) is 0.364. The summed E-state index contributed by atoms with van der Waals surface area (Å²) < 4.78 is 5.62. The Balaban J connectivity index is 1.50. The standard InChI is InChI=1S/C22H27N3O3/c1-16-5-4-6-21(17(16)2)23-22(27)15-28-20-9-7-19(8-10-20)25-13-11-24(12-14-25)18(3)26/h4-10H,11-15H2,1-3H3,(H,23,27). The summed E-state index contributed by atoms with van der Waals surface area (Å²) in [4.78, 5) is 27.7. The first-order valence-electron chi connectivity index (χ1n) is 9.53. The number of ether oxygens (including phenoxy) is 1. The second kappa shape index (κ2) is 8.78. The van der Waals surface area contributed by atoms with Gasteiger partial charge >= 0.3 is 0 Å². The minimum absolute atomic E-state index is 0.0377. The van der Waals surface area contributed by atoms with Gasteiger partial charge in [-0.3, -0.25) is 9.59 Å². The quantitative estimate of drug-likeness (QED) is 0.865. The van der Waals surface area contributed by atoms with Crippen molar-refractivity contribution in [2.24, 2.45) is 0 Å². The molecule has 0 bridgehead atoms. The number of piperazine rings is 1. The number of anilines is 2. The first kappa shape index (κ1) is 19.7. The lowest BCUT2D eigenvalue weighted by Crippen LogP contribution is -2.48. The monoisotopic (exact) mass is 381 g/mol. The topological polar surface area (TPSA) is 61.9 Å². The maximum atomic E-state index is 12.2. The van der Waals surface area contributed by atoms with Crippen molar-refractivity contribution in [3.8, 4) is 5.75 Å². The molecule has 0 aromatic heterocycles. The minimum Gasteiger partial charge on any atom is -0.484 e. The summed E-state index contributed by atoms with van der Waals surface area (Å²) in [6, 6.07) is 13.6. The lowest BCUT2D eigenvalue weighted by atomic mass is 10.1. The van der Waals surface area contributed by atoms with Gasteiger partial charge < -0.3 is 19.9 Å². The molecule has 0 radical (unpaired) electrons. The molecular formula is C22H27N3O3. The van der Waals surface area contributed by atoms with E-state index in [9.17, 15) is 9.59 Å². The van der Waals surface area contributed by atoms with Crippen molar-refractivity contribution in [3.63, 3.8) is 0 Å². The van der Waals surface area contributed by atoms with Gasteiger partial charge in [0.2, 0.25) is 5.91 Å². The Morgan fingerprint density at radius 3 is 2.32 bits per heavy atom. The van der Waals surface area contributed by atoms with Crippen LogP contribution in [0, 0.1) is 13.8 Å². The number of nitrogens with one attached hydrogen (secondary N) is 1. The molecule has 2 aromatic rings. The molecule has 148 valence electrons. The van der Waals surface area contributed by atoms with Crippen LogP contribution in [0.2, 0.25) is 0 Å². The van der Waals surface area contributed by atoms with Crippen molar-refractivity contribution in [2.45, 2.75) is 20.8 Å². The molecule has 0 spiro atoms.